The maximum atomic E-state index is 13.8. The highest BCUT2D eigenvalue weighted by Gasteiger charge is 2.55. The molecule has 0 amide bonds. The van der Waals surface area contributed by atoms with Gasteiger partial charge >= 0.3 is 0 Å². The summed E-state index contributed by atoms with van der Waals surface area (Å²) in [7, 11) is 0. The van der Waals surface area contributed by atoms with E-state index in [-0.39, 0.29) is 16.2 Å². The fourth-order valence-corrected chi connectivity index (χ4v) is 8.34. The molecule has 4 aliphatic rings. The fourth-order valence-electron chi connectivity index (χ4n) is 7.29. The van der Waals surface area contributed by atoms with Crippen LogP contribution in [-0.4, -0.2) is 30.2 Å². The molecule has 4 bridgehead atoms. The summed E-state index contributed by atoms with van der Waals surface area (Å²) < 4.78 is 3.69. The third kappa shape index (κ3) is 3.00. The maximum Gasteiger partial charge on any atom is 0.262 e. The predicted octanol–water partition coefficient (Wildman–Crippen LogP) is 4.72. The summed E-state index contributed by atoms with van der Waals surface area (Å²) in [4.78, 5) is 26.9. The van der Waals surface area contributed by atoms with E-state index in [0.29, 0.717) is 28.6 Å². The summed E-state index contributed by atoms with van der Waals surface area (Å²) in [6.07, 6.45) is 8.11. The van der Waals surface area contributed by atoms with Gasteiger partial charge in [0.1, 0.15) is 0 Å². The van der Waals surface area contributed by atoms with E-state index >= 15 is 0 Å². The predicted molar refractivity (Wildman–Crippen MR) is 126 cm³/mol. The molecule has 4 aliphatic carbocycles. The normalized spacial score (nSPS) is 29.8. The molecule has 4 saturated carbocycles. The van der Waals surface area contributed by atoms with Crippen molar-refractivity contribution in [2.75, 3.05) is 0 Å². The van der Waals surface area contributed by atoms with Crippen LogP contribution in [0.5, 0.6) is 0 Å². The van der Waals surface area contributed by atoms with Crippen molar-refractivity contribution in [3.63, 3.8) is 0 Å². The number of aromatic nitrogens is 4. The molecular formula is C25H30N4O2S. The molecule has 0 aliphatic heterocycles. The van der Waals surface area contributed by atoms with Gasteiger partial charge in [0.15, 0.2) is 10.9 Å². The lowest BCUT2D eigenvalue weighted by atomic mass is 9.48. The first-order valence-corrected chi connectivity index (χ1v) is 12.9. The van der Waals surface area contributed by atoms with Crippen LogP contribution in [0.15, 0.2) is 34.2 Å². The second-order valence-corrected chi connectivity index (χ2v) is 11.7. The Morgan fingerprint density at radius 3 is 2.44 bits per heavy atom. The van der Waals surface area contributed by atoms with Gasteiger partial charge in [-0.2, -0.15) is 0 Å². The summed E-state index contributed by atoms with van der Waals surface area (Å²) in [5.41, 5.74) is 0.659. The third-order valence-electron chi connectivity index (χ3n) is 8.14. The smallest absolute Gasteiger partial charge is 0.262 e. The standard InChI is InChI=1S/C25H30N4O2S/c1-3-8-28-22(31)19-6-4-5-7-20(19)29-23(28)26-27-24(29)32-15(2)21(30)25-12-16-9-17(13-25)11-18(10-16)14-25/h4-7,15-18H,3,8-14H2,1-2H3. The molecule has 168 valence electrons. The Morgan fingerprint density at radius 1 is 1.12 bits per heavy atom. The molecule has 1 aromatic carbocycles. The van der Waals surface area contributed by atoms with Crippen LogP contribution in [0, 0.1) is 23.2 Å². The Balaban J connectivity index is 1.38. The molecule has 32 heavy (non-hydrogen) atoms. The highest BCUT2D eigenvalue weighted by atomic mass is 32.2. The molecule has 3 aromatic rings. The van der Waals surface area contributed by atoms with Gasteiger partial charge in [0, 0.05) is 12.0 Å². The van der Waals surface area contributed by atoms with E-state index in [4.69, 9.17) is 0 Å². The average Bonchev–Trinajstić information content (AvgIpc) is 3.18. The first kappa shape index (κ1) is 20.5. The first-order chi connectivity index (χ1) is 15.5. The number of ketones is 1. The van der Waals surface area contributed by atoms with E-state index in [1.165, 1.54) is 31.0 Å². The molecule has 6 nitrogen and oxygen atoms in total. The van der Waals surface area contributed by atoms with Crippen LogP contribution in [0.1, 0.15) is 58.8 Å². The number of para-hydroxylation sites is 1. The molecule has 7 rings (SSSR count). The number of hydrogen-bond donors (Lipinski definition) is 0. The summed E-state index contributed by atoms with van der Waals surface area (Å²) in [5.74, 6) is 3.23. The van der Waals surface area contributed by atoms with Crippen molar-refractivity contribution in [1.29, 1.82) is 0 Å². The van der Waals surface area contributed by atoms with Crippen molar-refractivity contribution in [2.24, 2.45) is 23.2 Å². The van der Waals surface area contributed by atoms with E-state index in [1.54, 1.807) is 4.57 Å². The minimum Gasteiger partial charge on any atom is -0.298 e. The van der Waals surface area contributed by atoms with Crippen LogP contribution in [0.4, 0.5) is 0 Å². The number of hydrogen-bond acceptors (Lipinski definition) is 5. The Labute approximate surface area is 191 Å². The van der Waals surface area contributed by atoms with Gasteiger partial charge in [-0.05, 0) is 81.8 Å². The molecule has 2 aromatic heterocycles. The zero-order valence-electron chi connectivity index (χ0n) is 18.8. The van der Waals surface area contributed by atoms with Gasteiger partial charge in [0.2, 0.25) is 5.78 Å². The summed E-state index contributed by atoms with van der Waals surface area (Å²) >= 11 is 1.51. The molecule has 2 heterocycles. The molecule has 0 saturated heterocycles. The number of carbonyl (C=O) groups excluding carboxylic acids is 1. The SMILES string of the molecule is CCCn1c(=O)c2ccccc2n2c(SC(C)C(=O)C34CC5CC(CC(C5)C3)C4)nnc12. The molecule has 1 atom stereocenters. The Kier molecular flexibility index (Phi) is 4.75. The number of Topliss-reactive ketones (excluding diaryl/α,β-unsaturated/α-hetero) is 1. The fraction of sp³-hybridized carbons (Fsp3) is 0.600. The summed E-state index contributed by atoms with van der Waals surface area (Å²) in [6.45, 7) is 4.69. The average molecular weight is 451 g/mol. The third-order valence-corrected chi connectivity index (χ3v) is 9.18. The molecule has 0 spiro atoms. The topological polar surface area (TPSA) is 69.3 Å². The van der Waals surface area contributed by atoms with Crippen molar-refractivity contribution in [3.8, 4) is 0 Å². The van der Waals surface area contributed by atoms with E-state index in [0.717, 1.165) is 49.0 Å². The van der Waals surface area contributed by atoms with Crippen molar-refractivity contribution in [2.45, 2.75) is 75.7 Å². The molecule has 0 N–H and O–H groups in total. The second kappa shape index (κ2) is 7.44. The number of benzene rings is 1. The van der Waals surface area contributed by atoms with E-state index in [1.807, 2.05) is 35.6 Å². The van der Waals surface area contributed by atoms with Crippen molar-refractivity contribution in [1.82, 2.24) is 19.2 Å². The number of aryl methyl sites for hydroxylation is 1. The number of fused-ring (bicyclic) bond motifs is 3. The summed E-state index contributed by atoms with van der Waals surface area (Å²) in [5, 5.41) is 10.0. The molecule has 0 radical (unpaired) electrons. The lowest BCUT2D eigenvalue weighted by Gasteiger charge is -2.56. The van der Waals surface area contributed by atoms with Gasteiger partial charge in [-0.1, -0.05) is 30.8 Å². The van der Waals surface area contributed by atoms with Crippen LogP contribution >= 0.6 is 11.8 Å². The zero-order chi connectivity index (χ0) is 22.0. The van der Waals surface area contributed by atoms with Gasteiger partial charge in [0.25, 0.3) is 5.56 Å². The van der Waals surface area contributed by atoms with Gasteiger partial charge < -0.3 is 0 Å². The van der Waals surface area contributed by atoms with Crippen LogP contribution < -0.4 is 5.56 Å². The first-order valence-electron chi connectivity index (χ1n) is 12.1. The van der Waals surface area contributed by atoms with Crippen molar-refractivity contribution in [3.05, 3.63) is 34.6 Å². The maximum absolute atomic E-state index is 13.8. The highest BCUT2D eigenvalue weighted by Crippen LogP contribution is 2.61. The second-order valence-electron chi connectivity index (χ2n) is 10.4. The summed E-state index contributed by atoms with van der Waals surface area (Å²) in [6, 6.07) is 7.63. The van der Waals surface area contributed by atoms with Gasteiger partial charge in [-0.25, -0.2) is 0 Å². The van der Waals surface area contributed by atoms with Crippen molar-refractivity contribution >= 4 is 34.2 Å². The van der Waals surface area contributed by atoms with Crippen LogP contribution in [0.3, 0.4) is 0 Å². The largest absolute Gasteiger partial charge is 0.298 e. The molecule has 1 unspecified atom stereocenters. The Bertz CT molecular complexity index is 1240. The monoisotopic (exact) mass is 450 g/mol. The number of thioether (sulfide) groups is 1. The van der Waals surface area contributed by atoms with Crippen LogP contribution in [0.25, 0.3) is 16.7 Å². The van der Waals surface area contributed by atoms with Gasteiger partial charge in [0.05, 0.1) is 16.2 Å². The van der Waals surface area contributed by atoms with E-state index in [9.17, 15) is 9.59 Å². The molecular weight excluding hydrogens is 420 g/mol. The van der Waals surface area contributed by atoms with Crippen LogP contribution in [-0.2, 0) is 11.3 Å². The van der Waals surface area contributed by atoms with Crippen molar-refractivity contribution < 1.29 is 4.79 Å². The van der Waals surface area contributed by atoms with E-state index < -0.39 is 0 Å². The lowest BCUT2D eigenvalue weighted by Crippen LogP contribution is -2.51. The number of nitrogens with zero attached hydrogens (tertiary/aromatic N) is 4. The number of carbonyl (C=O) groups is 1. The van der Waals surface area contributed by atoms with Gasteiger partial charge in [-0.3, -0.25) is 18.6 Å². The van der Waals surface area contributed by atoms with E-state index in [2.05, 4.69) is 17.1 Å². The Morgan fingerprint density at radius 2 is 1.78 bits per heavy atom. The quantitative estimate of drug-likeness (QED) is 0.508. The molecule has 7 heteroatoms. The number of rotatable bonds is 6. The highest BCUT2D eigenvalue weighted by molar-refractivity contribution is 8.00. The minimum absolute atomic E-state index is 0.0309. The zero-order valence-corrected chi connectivity index (χ0v) is 19.6. The lowest BCUT2D eigenvalue weighted by molar-refractivity contribution is -0.142. The Hall–Kier alpha value is -2.15. The minimum atomic E-state index is -0.177. The van der Waals surface area contributed by atoms with Gasteiger partial charge in [-0.15, -0.1) is 10.2 Å². The van der Waals surface area contributed by atoms with Crippen LogP contribution in [0.2, 0.25) is 0 Å². The molecule has 4 fully saturated rings.